The SMILES string of the molecule is CCOC1CCC(N2CC(C(=O)N3CC(c4ccc(C(F)(F)F)cc4N4CCC(C(=O)O)CC4)[C@@H](COC)C3)[C@H](C3=CCC(OC)C=C3)C2)CC1. The lowest BCUT2D eigenvalue weighted by molar-refractivity contribution is -0.142. The van der Waals surface area contributed by atoms with Gasteiger partial charge in [-0.15, -0.1) is 0 Å². The monoisotopic (exact) mass is 717 g/mol. The van der Waals surface area contributed by atoms with Gasteiger partial charge >= 0.3 is 12.1 Å². The number of carboxylic acid groups (broad SMARTS) is 1. The smallest absolute Gasteiger partial charge is 0.416 e. The van der Waals surface area contributed by atoms with Crippen LogP contribution in [-0.2, 0) is 30.0 Å². The molecule has 1 N–H and O–H groups in total. The third kappa shape index (κ3) is 8.50. The number of rotatable bonds is 11. The second kappa shape index (κ2) is 16.4. The molecule has 4 fully saturated rings. The van der Waals surface area contributed by atoms with Crippen molar-refractivity contribution in [1.29, 1.82) is 0 Å². The number of methoxy groups -OCH3 is 2. The fourth-order valence-corrected chi connectivity index (χ4v) is 9.30. The summed E-state index contributed by atoms with van der Waals surface area (Å²) in [5, 5.41) is 9.54. The number of piperidine rings is 1. The van der Waals surface area contributed by atoms with Gasteiger partial charge in [0.1, 0.15) is 0 Å². The fraction of sp³-hybridized carbons (Fsp3) is 0.692. The van der Waals surface area contributed by atoms with Gasteiger partial charge in [0.05, 0.1) is 36.2 Å². The number of likely N-dealkylation sites (tertiary alicyclic amines) is 2. The first-order valence-corrected chi connectivity index (χ1v) is 18.7. The minimum Gasteiger partial charge on any atom is -0.481 e. The van der Waals surface area contributed by atoms with Gasteiger partial charge in [0.15, 0.2) is 0 Å². The number of aliphatic carboxylic acids is 1. The number of amides is 1. The van der Waals surface area contributed by atoms with Crippen LogP contribution in [0.4, 0.5) is 18.9 Å². The van der Waals surface area contributed by atoms with E-state index in [1.54, 1.807) is 20.3 Å². The molecule has 6 rings (SSSR count). The van der Waals surface area contributed by atoms with Crippen molar-refractivity contribution in [1.82, 2.24) is 9.80 Å². The lowest BCUT2D eigenvalue weighted by Gasteiger charge is -2.35. The summed E-state index contributed by atoms with van der Waals surface area (Å²) in [7, 11) is 3.32. The zero-order valence-electron chi connectivity index (χ0n) is 30.2. The molecule has 1 aromatic rings. The van der Waals surface area contributed by atoms with Crippen LogP contribution in [0.5, 0.6) is 0 Å². The molecular weight excluding hydrogens is 663 g/mol. The summed E-state index contributed by atoms with van der Waals surface area (Å²) in [6, 6.07) is 4.32. The standard InChI is InChI=1S/C39H54F3N3O6/c1-4-51-31-12-8-29(9-13-31)44-21-33(25-5-10-30(50-3)11-6-25)35(23-44)37(46)45-20-27(24-49-2)34(22-45)32-14-7-28(39(40,41)42)19-36(32)43-17-15-26(16-18-43)38(47)48/h5-7,10,14,19,26-27,29-31,33-35H,4,8-9,11-13,15-18,20-24H2,1-3H3,(H,47,48)/t27-,29?,30?,31?,33+,34?,35?/m1/s1. The summed E-state index contributed by atoms with van der Waals surface area (Å²) in [6.45, 7) is 6.17. The summed E-state index contributed by atoms with van der Waals surface area (Å²) in [5.74, 6) is -1.83. The van der Waals surface area contributed by atoms with E-state index < -0.39 is 23.6 Å². The van der Waals surface area contributed by atoms with Gasteiger partial charge in [0, 0.05) is 89.6 Å². The number of hydrogen-bond donors (Lipinski definition) is 1. The zero-order valence-corrected chi connectivity index (χ0v) is 30.2. The maximum absolute atomic E-state index is 14.7. The van der Waals surface area contributed by atoms with Crippen molar-refractivity contribution in [3.63, 3.8) is 0 Å². The highest BCUT2D eigenvalue weighted by atomic mass is 19.4. The number of alkyl halides is 3. The number of benzene rings is 1. The number of ether oxygens (including phenoxy) is 3. The van der Waals surface area contributed by atoms with Gasteiger partial charge in [-0.1, -0.05) is 24.3 Å². The maximum Gasteiger partial charge on any atom is 0.416 e. The molecule has 5 aliphatic rings. The van der Waals surface area contributed by atoms with Crippen molar-refractivity contribution in [2.24, 2.45) is 23.7 Å². The van der Waals surface area contributed by atoms with Crippen LogP contribution in [0.15, 0.2) is 42.0 Å². The van der Waals surface area contributed by atoms with Crippen molar-refractivity contribution >= 4 is 17.6 Å². The van der Waals surface area contributed by atoms with Crippen LogP contribution in [0.1, 0.15) is 68.9 Å². The van der Waals surface area contributed by atoms with E-state index in [9.17, 15) is 27.9 Å². The van der Waals surface area contributed by atoms with Gasteiger partial charge in [-0.2, -0.15) is 13.2 Å². The lowest BCUT2D eigenvalue weighted by Crippen LogP contribution is -2.41. The van der Waals surface area contributed by atoms with Gasteiger partial charge in [0.2, 0.25) is 5.91 Å². The highest BCUT2D eigenvalue weighted by Gasteiger charge is 2.47. The van der Waals surface area contributed by atoms with Crippen LogP contribution < -0.4 is 4.90 Å². The van der Waals surface area contributed by atoms with E-state index in [2.05, 4.69) is 23.1 Å². The molecule has 3 aliphatic heterocycles. The Balaban J connectivity index is 1.25. The summed E-state index contributed by atoms with van der Waals surface area (Å²) >= 11 is 0. The highest BCUT2D eigenvalue weighted by Crippen LogP contribution is 2.44. The van der Waals surface area contributed by atoms with Gasteiger partial charge in [-0.3, -0.25) is 14.5 Å². The quantitative estimate of drug-likeness (QED) is 0.299. The Morgan fingerprint density at radius 2 is 1.71 bits per heavy atom. The first-order chi connectivity index (χ1) is 24.5. The summed E-state index contributed by atoms with van der Waals surface area (Å²) < 4.78 is 59.1. The maximum atomic E-state index is 14.7. The molecule has 2 aliphatic carbocycles. The molecule has 0 radical (unpaired) electrons. The molecule has 282 valence electrons. The average Bonchev–Trinajstić information content (AvgIpc) is 3.77. The van der Waals surface area contributed by atoms with Gasteiger partial charge in [-0.05, 0) is 75.1 Å². The number of carbonyl (C=O) groups excluding carboxylic acids is 1. The number of nitrogens with zero attached hydrogens (tertiary/aromatic N) is 3. The summed E-state index contributed by atoms with van der Waals surface area (Å²) in [6.07, 6.45) is 7.85. The van der Waals surface area contributed by atoms with Crippen molar-refractivity contribution < 1.29 is 42.1 Å². The molecule has 3 saturated heterocycles. The second-order valence-corrected chi connectivity index (χ2v) is 15.1. The normalized spacial score (nSPS) is 30.9. The molecule has 3 heterocycles. The first kappa shape index (κ1) is 37.8. The van der Waals surface area contributed by atoms with E-state index in [4.69, 9.17) is 14.2 Å². The van der Waals surface area contributed by atoms with Crippen LogP contribution in [0.3, 0.4) is 0 Å². The van der Waals surface area contributed by atoms with Gasteiger partial charge in [-0.25, -0.2) is 0 Å². The topological polar surface area (TPSA) is 91.8 Å². The molecule has 5 atom stereocenters. The van der Waals surface area contributed by atoms with Crippen LogP contribution in [-0.4, -0.2) is 112 Å². The Labute approximate surface area is 299 Å². The molecule has 1 aromatic carbocycles. The number of carboxylic acids is 1. The Hall–Kier alpha value is -2.93. The third-order valence-electron chi connectivity index (χ3n) is 12.1. The third-order valence-corrected chi connectivity index (χ3v) is 12.1. The Kier molecular flexibility index (Phi) is 12.2. The van der Waals surface area contributed by atoms with E-state index in [1.165, 1.54) is 11.6 Å². The molecule has 0 bridgehead atoms. The Bertz CT molecular complexity index is 1440. The largest absolute Gasteiger partial charge is 0.481 e. The predicted molar refractivity (Wildman–Crippen MR) is 188 cm³/mol. The van der Waals surface area contributed by atoms with Crippen molar-refractivity contribution in [2.75, 3.05) is 71.6 Å². The Morgan fingerprint density at radius 3 is 2.31 bits per heavy atom. The number of hydrogen-bond acceptors (Lipinski definition) is 7. The molecule has 9 nitrogen and oxygen atoms in total. The van der Waals surface area contributed by atoms with E-state index in [0.717, 1.165) is 56.9 Å². The van der Waals surface area contributed by atoms with Crippen molar-refractivity contribution in [3.8, 4) is 0 Å². The average molecular weight is 718 g/mol. The Morgan fingerprint density at radius 1 is 0.961 bits per heavy atom. The zero-order chi connectivity index (χ0) is 36.3. The van der Waals surface area contributed by atoms with E-state index in [1.807, 2.05) is 16.7 Å². The minimum absolute atomic E-state index is 0.0243. The number of halogens is 3. The first-order valence-electron chi connectivity index (χ1n) is 18.7. The fourth-order valence-electron chi connectivity index (χ4n) is 9.30. The van der Waals surface area contributed by atoms with E-state index in [-0.39, 0.29) is 35.7 Å². The minimum atomic E-state index is -4.52. The van der Waals surface area contributed by atoms with Gasteiger partial charge < -0.3 is 29.1 Å². The molecule has 1 amide bonds. The molecule has 3 unspecified atom stereocenters. The molecule has 0 spiro atoms. The van der Waals surface area contributed by atoms with Crippen molar-refractivity contribution in [3.05, 3.63) is 53.1 Å². The van der Waals surface area contributed by atoms with Crippen LogP contribution in [0, 0.1) is 23.7 Å². The molecule has 0 aromatic heterocycles. The molecular formula is C39H54F3N3O6. The molecule has 12 heteroatoms. The number of anilines is 1. The van der Waals surface area contributed by atoms with Gasteiger partial charge in [0.25, 0.3) is 0 Å². The molecule has 51 heavy (non-hydrogen) atoms. The van der Waals surface area contributed by atoms with E-state index >= 15 is 0 Å². The van der Waals surface area contributed by atoms with Crippen LogP contribution >= 0.6 is 0 Å². The lowest BCUT2D eigenvalue weighted by atomic mass is 9.84. The van der Waals surface area contributed by atoms with Crippen LogP contribution in [0.25, 0.3) is 0 Å². The highest BCUT2D eigenvalue weighted by molar-refractivity contribution is 5.81. The van der Waals surface area contributed by atoms with E-state index in [0.29, 0.717) is 70.0 Å². The van der Waals surface area contributed by atoms with Crippen LogP contribution in [0.2, 0.25) is 0 Å². The second-order valence-electron chi connectivity index (χ2n) is 15.1. The predicted octanol–water partition coefficient (Wildman–Crippen LogP) is 5.99. The summed E-state index contributed by atoms with van der Waals surface area (Å²) in [5.41, 5.74) is 1.68. The number of allylic oxidation sites excluding steroid dienone is 1. The number of carbonyl (C=O) groups is 2. The summed E-state index contributed by atoms with van der Waals surface area (Å²) in [4.78, 5) is 32.7. The van der Waals surface area contributed by atoms with Crippen molar-refractivity contribution in [2.45, 2.75) is 82.2 Å². The molecule has 1 saturated carbocycles.